The maximum Gasteiger partial charge on any atom is 0.201 e. The van der Waals surface area contributed by atoms with Crippen LogP contribution in [-0.4, -0.2) is 42.7 Å². The summed E-state index contributed by atoms with van der Waals surface area (Å²) < 4.78 is 3.82. The molecule has 0 atom stereocenters. The molecule has 0 aromatic carbocycles. The zero-order valence-corrected chi connectivity index (χ0v) is 14.3. The lowest BCUT2D eigenvalue weighted by Crippen LogP contribution is -2.35. The molecule has 0 unspecified atom stereocenters. The smallest absolute Gasteiger partial charge is 0.201 e. The van der Waals surface area contributed by atoms with Gasteiger partial charge in [-0.15, -0.1) is 10.2 Å². The molecule has 1 saturated heterocycles. The van der Waals surface area contributed by atoms with Crippen molar-refractivity contribution in [2.24, 2.45) is 5.92 Å². The lowest BCUT2D eigenvalue weighted by Gasteiger charge is -2.34. The number of rotatable bonds is 4. The van der Waals surface area contributed by atoms with Crippen molar-refractivity contribution in [2.45, 2.75) is 39.7 Å². The summed E-state index contributed by atoms with van der Waals surface area (Å²) in [4.78, 5) is 2.46. The quantitative estimate of drug-likeness (QED) is 0.736. The molecule has 0 bridgehead atoms. The van der Waals surface area contributed by atoms with Crippen molar-refractivity contribution in [3.05, 3.63) is 36.0 Å². The first-order chi connectivity index (χ1) is 11.7. The van der Waals surface area contributed by atoms with Gasteiger partial charge in [0.2, 0.25) is 5.65 Å². The largest absolute Gasteiger partial charge is 0.368 e. The van der Waals surface area contributed by atoms with Crippen molar-refractivity contribution in [3.63, 3.8) is 0 Å². The van der Waals surface area contributed by atoms with Crippen LogP contribution in [-0.2, 0) is 6.54 Å². The van der Waals surface area contributed by atoms with Gasteiger partial charge >= 0.3 is 0 Å². The minimum atomic E-state index is 0.766. The van der Waals surface area contributed by atoms with Crippen molar-refractivity contribution < 1.29 is 0 Å². The summed E-state index contributed by atoms with van der Waals surface area (Å²) in [6.07, 6.45) is 9.19. The fourth-order valence-electron chi connectivity index (χ4n) is 3.61. The van der Waals surface area contributed by atoms with E-state index in [9.17, 15) is 0 Å². The van der Waals surface area contributed by atoms with E-state index in [1.54, 1.807) is 10.8 Å². The van der Waals surface area contributed by atoms with Crippen LogP contribution in [0.25, 0.3) is 5.65 Å². The Bertz CT molecular complexity index is 813. The summed E-state index contributed by atoms with van der Waals surface area (Å²) in [6, 6.07) is 1.99. The summed E-state index contributed by atoms with van der Waals surface area (Å²) >= 11 is 0. The topological polar surface area (TPSA) is 64.1 Å². The molecule has 0 N–H and O–H groups in total. The van der Waals surface area contributed by atoms with E-state index in [-0.39, 0.29) is 0 Å². The average molecular weight is 325 g/mol. The molecule has 3 aromatic rings. The standard InChI is InChI=1S/C17H23N7/c1-13-14(2)21-24-12-18-20-17(24)16(13)22-9-4-15(5-10-22)6-11-23-8-3-7-19-23/h3,7-8,12,15H,4-6,9-11H2,1-2H3. The number of hydrogen-bond acceptors (Lipinski definition) is 5. The van der Waals surface area contributed by atoms with Crippen molar-refractivity contribution >= 4 is 11.3 Å². The number of fused-ring (bicyclic) bond motifs is 1. The monoisotopic (exact) mass is 325 g/mol. The van der Waals surface area contributed by atoms with Gasteiger partial charge in [-0.1, -0.05) is 0 Å². The van der Waals surface area contributed by atoms with E-state index in [4.69, 9.17) is 0 Å². The Hall–Kier alpha value is -2.44. The second-order valence-electron chi connectivity index (χ2n) is 6.65. The number of hydrogen-bond donors (Lipinski definition) is 0. The van der Waals surface area contributed by atoms with E-state index in [1.807, 2.05) is 23.1 Å². The molecule has 4 rings (SSSR count). The Morgan fingerprint density at radius 3 is 2.79 bits per heavy atom. The van der Waals surface area contributed by atoms with Crippen LogP contribution < -0.4 is 4.90 Å². The summed E-state index contributed by atoms with van der Waals surface area (Å²) in [5.41, 5.74) is 4.32. The Kier molecular flexibility index (Phi) is 3.92. The molecule has 1 fully saturated rings. The van der Waals surface area contributed by atoms with E-state index < -0.39 is 0 Å². The summed E-state index contributed by atoms with van der Waals surface area (Å²) in [7, 11) is 0. The van der Waals surface area contributed by atoms with E-state index in [0.29, 0.717) is 0 Å². The number of aromatic nitrogens is 6. The maximum atomic E-state index is 4.52. The van der Waals surface area contributed by atoms with Crippen molar-refractivity contribution in [3.8, 4) is 0 Å². The molecule has 0 amide bonds. The molecule has 0 radical (unpaired) electrons. The van der Waals surface area contributed by atoms with Crippen LogP contribution in [0.15, 0.2) is 24.8 Å². The molecular formula is C17H23N7. The molecule has 4 heterocycles. The first-order valence-electron chi connectivity index (χ1n) is 8.62. The highest BCUT2D eigenvalue weighted by molar-refractivity contribution is 5.72. The minimum absolute atomic E-state index is 0.766. The van der Waals surface area contributed by atoms with Gasteiger partial charge in [-0.25, -0.2) is 0 Å². The Morgan fingerprint density at radius 1 is 1.21 bits per heavy atom. The van der Waals surface area contributed by atoms with Gasteiger partial charge in [0.25, 0.3) is 0 Å². The minimum Gasteiger partial charge on any atom is -0.368 e. The van der Waals surface area contributed by atoms with Gasteiger partial charge < -0.3 is 4.90 Å². The SMILES string of the molecule is Cc1nn2cnnc2c(N2CCC(CCn3cccn3)CC2)c1C. The fourth-order valence-corrected chi connectivity index (χ4v) is 3.61. The highest BCUT2D eigenvalue weighted by Crippen LogP contribution is 2.31. The zero-order chi connectivity index (χ0) is 16.5. The Balaban J connectivity index is 1.46. The molecular weight excluding hydrogens is 302 g/mol. The number of nitrogens with zero attached hydrogens (tertiary/aromatic N) is 7. The van der Waals surface area contributed by atoms with Gasteiger partial charge in [-0.2, -0.15) is 14.7 Å². The summed E-state index contributed by atoms with van der Waals surface area (Å²) in [5.74, 6) is 0.766. The highest BCUT2D eigenvalue weighted by atomic mass is 15.4. The predicted octanol–water partition coefficient (Wildman–Crippen LogP) is 2.24. The van der Waals surface area contributed by atoms with Gasteiger partial charge in [-0.3, -0.25) is 4.68 Å². The molecule has 3 aromatic heterocycles. The summed E-state index contributed by atoms with van der Waals surface area (Å²) in [5, 5.41) is 17.1. The van der Waals surface area contributed by atoms with E-state index in [0.717, 1.165) is 36.9 Å². The van der Waals surface area contributed by atoms with Crippen LogP contribution in [0.2, 0.25) is 0 Å². The number of aryl methyl sites for hydroxylation is 2. The van der Waals surface area contributed by atoms with E-state index >= 15 is 0 Å². The third-order valence-corrected chi connectivity index (χ3v) is 5.15. The number of anilines is 1. The molecule has 1 aliphatic rings. The van der Waals surface area contributed by atoms with Gasteiger partial charge in [0.05, 0.1) is 11.4 Å². The Labute approximate surface area is 141 Å². The summed E-state index contributed by atoms with van der Waals surface area (Å²) in [6.45, 7) is 7.33. The van der Waals surface area contributed by atoms with Crippen LogP contribution in [0.5, 0.6) is 0 Å². The molecule has 24 heavy (non-hydrogen) atoms. The van der Waals surface area contributed by atoms with Crippen molar-refractivity contribution in [2.75, 3.05) is 18.0 Å². The third-order valence-electron chi connectivity index (χ3n) is 5.15. The number of piperidine rings is 1. The predicted molar refractivity (Wildman–Crippen MR) is 92.0 cm³/mol. The van der Waals surface area contributed by atoms with Crippen LogP contribution in [0.3, 0.4) is 0 Å². The van der Waals surface area contributed by atoms with Crippen LogP contribution in [0.1, 0.15) is 30.5 Å². The molecule has 1 aliphatic heterocycles. The lowest BCUT2D eigenvalue weighted by atomic mass is 9.93. The van der Waals surface area contributed by atoms with E-state index in [1.165, 1.54) is 30.5 Å². The lowest BCUT2D eigenvalue weighted by molar-refractivity contribution is 0.354. The fraction of sp³-hybridized carbons (Fsp3) is 0.529. The Morgan fingerprint density at radius 2 is 2.04 bits per heavy atom. The van der Waals surface area contributed by atoms with Crippen LogP contribution in [0, 0.1) is 19.8 Å². The van der Waals surface area contributed by atoms with Crippen molar-refractivity contribution in [1.29, 1.82) is 0 Å². The van der Waals surface area contributed by atoms with E-state index in [2.05, 4.69) is 39.1 Å². The highest BCUT2D eigenvalue weighted by Gasteiger charge is 2.24. The first kappa shape index (κ1) is 15.1. The van der Waals surface area contributed by atoms with Crippen molar-refractivity contribution in [1.82, 2.24) is 29.6 Å². The third kappa shape index (κ3) is 2.74. The molecule has 7 nitrogen and oxygen atoms in total. The van der Waals surface area contributed by atoms with Crippen LogP contribution >= 0.6 is 0 Å². The molecule has 7 heteroatoms. The molecule has 0 aliphatic carbocycles. The van der Waals surface area contributed by atoms with Gasteiger partial charge in [0, 0.05) is 32.0 Å². The van der Waals surface area contributed by atoms with Gasteiger partial charge in [0.15, 0.2) is 0 Å². The zero-order valence-electron chi connectivity index (χ0n) is 14.3. The second kappa shape index (κ2) is 6.22. The molecule has 126 valence electrons. The average Bonchev–Trinajstić information content (AvgIpc) is 3.26. The molecule has 0 spiro atoms. The molecule has 0 saturated carbocycles. The normalized spacial score (nSPS) is 16.2. The van der Waals surface area contributed by atoms with Crippen LogP contribution in [0.4, 0.5) is 5.69 Å². The van der Waals surface area contributed by atoms with Gasteiger partial charge in [-0.05, 0) is 50.7 Å². The maximum absolute atomic E-state index is 4.52. The van der Waals surface area contributed by atoms with Gasteiger partial charge in [0.1, 0.15) is 6.33 Å². The second-order valence-corrected chi connectivity index (χ2v) is 6.65. The first-order valence-corrected chi connectivity index (χ1v) is 8.62.